The summed E-state index contributed by atoms with van der Waals surface area (Å²) < 4.78 is 34.3. The Morgan fingerprint density at radius 2 is 0.642 bits per heavy atom. The average molecular weight is 2000 g/mol. The van der Waals surface area contributed by atoms with E-state index >= 15 is 0 Å². The average Bonchev–Trinajstić information content (AvgIpc) is 1.60. The molecule has 16 aromatic carbocycles. The van der Waals surface area contributed by atoms with Gasteiger partial charge in [0.1, 0.15) is 0 Å². The Morgan fingerprint density at radius 3 is 1.09 bits per heavy atom. The second-order valence-electron chi connectivity index (χ2n) is 33.5. The summed E-state index contributed by atoms with van der Waals surface area (Å²) in [6, 6.07) is 135. The topological polar surface area (TPSA) is 160 Å². The van der Waals surface area contributed by atoms with Crippen LogP contribution >= 0.6 is 43.5 Å². The van der Waals surface area contributed by atoms with Gasteiger partial charge in [-0.3, -0.25) is 13.5 Å². The van der Waals surface area contributed by atoms with Crippen LogP contribution < -0.4 is 138 Å². The van der Waals surface area contributed by atoms with Gasteiger partial charge in [0.2, 0.25) is 17.2 Å². The van der Waals surface area contributed by atoms with E-state index in [-0.39, 0.29) is 168 Å². The van der Waals surface area contributed by atoms with Crippen molar-refractivity contribution in [2.75, 3.05) is 7.15 Å². The van der Waals surface area contributed by atoms with Crippen LogP contribution in [-0.4, -0.2) is 84.4 Å². The number of hydrogen-bond acceptors (Lipinski definition) is 11. The van der Waals surface area contributed by atoms with Crippen LogP contribution in [-0.2, 0) is 22.2 Å². The normalized spacial score (nSPS) is 12.6. The van der Waals surface area contributed by atoms with E-state index in [0.717, 1.165) is 121 Å². The summed E-state index contributed by atoms with van der Waals surface area (Å²) in [5, 5.41) is 7.28. The van der Waals surface area contributed by atoms with Gasteiger partial charge in [-0.25, -0.2) is 15.0 Å². The first kappa shape index (κ1) is 98.0. The molecule has 0 unspecified atom stereocenters. The van der Waals surface area contributed by atoms with Gasteiger partial charge in [0.15, 0.2) is 34.9 Å². The molecule has 0 saturated carbocycles. The molecule has 0 spiro atoms. The molecule has 22 heteroatoms. The molecule has 0 atom stereocenters. The number of H-pyrrole nitrogens is 1. The molecule has 2 aliphatic carbocycles. The number of fused-ring (bicyclic) bond motifs is 15. The summed E-state index contributed by atoms with van der Waals surface area (Å²) in [6.45, 7) is 8.37. The summed E-state index contributed by atoms with van der Waals surface area (Å²) in [4.78, 5) is 46.0. The summed E-state index contributed by atoms with van der Waals surface area (Å²) in [5.41, 5.74) is 26.1. The van der Waals surface area contributed by atoms with E-state index in [2.05, 4.69) is 295 Å². The van der Waals surface area contributed by atoms with Gasteiger partial charge in [-0.2, -0.15) is 29.9 Å². The number of aromatic nitrogens is 12. The molecule has 0 amide bonds. The number of nitrogens with one attached hydrogen (secondary N) is 1. The first-order chi connectivity index (χ1) is 65.5. The number of para-hydroxylation sites is 3. The molecule has 1 saturated heterocycles. The summed E-state index contributed by atoms with van der Waals surface area (Å²) in [7, 11) is -1.29. The van der Waals surface area contributed by atoms with E-state index in [1.807, 2.05) is 188 Å². The van der Waals surface area contributed by atoms with Gasteiger partial charge >= 0.3 is 139 Å². The molecule has 1 N–H and O–H groups in total. The third kappa shape index (κ3) is 21.2. The quantitative estimate of drug-likeness (QED) is 0.130. The second-order valence-corrected chi connectivity index (χ2v) is 35.7. The molecule has 1 aliphatic heterocycles. The van der Waals surface area contributed by atoms with Crippen LogP contribution in [0.2, 0.25) is 5.28 Å². The van der Waals surface area contributed by atoms with Crippen LogP contribution in [0.4, 0.5) is 4.39 Å². The number of aromatic amines is 1. The van der Waals surface area contributed by atoms with Crippen LogP contribution in [0.1, 0.15) is 63.0 Å². The third-order valence-corrected chi connectivity index (χ3v) is 25.9. The van der Waals surface area contributed by atoms with Gasteiger partial charge in [0.25, 0.3) is 0 Å². The molecule has 25 rings (SSSR count). The van der Waals surface area contributed by atoms with Crippen molar-refractivity contribution >= 4 is 121 Å². The van der Waals surface area contributed by atoms with Crippen LogP contribution in [0.5, 0.6) is 0 Å². The van der Waals surface area contributed by atoms with Crippen LogP contribution in [0, 0.1) is 0 Å². The summed E-state index contributed by atoms with van der Waals surface area (Å²) in [6.07, 6.45) is 2.11. The molecule has 3 aliphatic rings. The van der Waals surface area contributed by atoms with E-state index < -0.39 is 7.15 Å². The van der Waals surface area contributed by atoms with Gasteiger partial charge in [0.05, 0.1) is 41.8 Å². The Labute approximate surface area is 931 Å². The van der Waals surface area contributed by atoms with Gasteiger partial charge in [0, 0.05) is 85.7 Å². The minimum Gasteiger partial charge on any atom is -1.00 e. The molecule has 658 valence electrons. The molecular formula is C115H92BBr2ClFK2N12NaO2. The Balaban J connectivity index is 0.000000153. The molecule has 14 nitrogen and oxygen atoms in total. The van der Waals surface area contributed by atoms with Crippen LogP contribution in [0.15, 0.2) is 403 Å². The predicted octanol–water partition coefficient (Wildman–Crippen LogP) is 20.7. The van der Waals surface area contributed by atoms with Crippen molar-refractivity contribution in [3.63, 3.8) is 0 Å². The van der Waals surface area contributed by atoms with Crippen molar-refractivity contribution in [2.45, 2.75) is 59.2 Å². The smallest absolute Gasteiger partial charge is 1.00 e. The van der Waals surface area contributed by atoms with E-state index in [1.54, 1.807) is 0 Å². The van der Waals surface area contributed by atoms with Crippen molar-refractivity contribution in [3.8, 4) is 114 Å². The maximum atomic E-state index is 9.96. The van der Waals surface area contributed by atoms with E-state index in [4.69, 9.17) is 52.2 Å². The largest absolute Gasteiger partial charge is 1.00 e. The predicted molar refractivity (Wildman–Crippen MR) is 558 cm³/mol. The van der Waals surface area contributed by atoms with Crippen LogP contribution in [0.3, 0.4) is 0 Å². The Morgan fingerprint density at radius 1 is 0.328 bits per heavy atom. The number of alkyl halides is 1. The number of hydrogen-bond donors (Lipinski definition) is 1. The molecule has 0 radical (unpaired) electrons. The molecule has 7 heterocycles. The van der Waals surface area contributed by atoms with Crippen molar-refractivity contribution in [1.82, 2.24) is 59.0 Å². The van der Waals surface area contributed by atoms with Crippen molar-refractivity contribution in [2.24, 2.45) is 0 Å². The second kappa shape index (κ2) is 44.2. The maximum Gasteiger partial charge on any atom is 1.00 e. The Bertz CT molecular complexity index is 7930. The fraction of sp³-hybridized carbons (Fsp3) is 0.0870. The molecule has 0 bridgehead atoms. The van der Waals surface area contributed by atoms with Crippen molar-refractivity contribution < 1.29 is 152 Å². The summed E-state index contributed by atoms with van der Waals surface area (Å²) in [5.74, 6) is 4.95. The number of nitrogens with zero attached hydrogens (tertiary/aromatic N) is 11. The Kier molecular flexibility index (Phi) is 31.7. The SMILES string of the molecule is Brc1ccc2c(c1)-c1ccccc1C2.Brc1ccc2c(c1)c1ccccc1n2-c1nc(-c2ccccc2)nc(-c2ccccc2)n1.C.CC1(C)OB(c2ccc3c(c2)-c2ccccc2C3)OC1(C)C.Clc1nc(-c2ccccc2)nc(-c2ccccc2)n1.[2H]CF.[H-].[H-].[H-].[K+].[K+].[Na+].c1ccc(-c2nc(-c3ccccc3)nc(-n3c4ccccc4c4cc(-c5ccc6[nH]c7ccccc7c6c5)ccc43)n2)cc1. The first-order valence-electron chi connectivity index (χ1n) is 44.5. The number of halogens is 4. The van der Waals surface area contributed by atoms with Crippen molar-refractivity contribution in [1.29, 1.82) is 0 Å². The molecular weight excluding hydrogens is 1910 g/mol. The van der Waals surface area contributed by atoms with E-state index in [1.165, 1.54) is 60.8 Å². The fourth-order valence-electron chi connectivity index (χ4n) is 17.5. The van der Waals surface area contributed by atoms with Gasteiger partial charge < -0.3 is 18.6 Å². The van der Waals surface area contributed by atoms with Gasteiger partial charge in [-0.1, -0.05) is 361 Å². The molecule has 137 heavy (non-hydrogen) atoms. The van der Waals surface area contributed by atoms with Gasteiger partial charge in [-0.15, -0.1) is 0 Å². The minimum atomic E-state index is -1.00. The summed E-state index contributed by atoms with van der Waals surface area (Å²) >= 11 is 13.1. The van der Waals surface area contributed by atoms with Crippen LogP contribution in [0.25, 0.3) is 179 Å². The van der Waals surface area contributed by atoms with Gasteiger partial charge in [-0.05, 0) is 186 Å². The number of rotatable bonds is 10. The standard InChI is InChI=1S/C39H25N5.C27H17BrN4.C19H21BO2.C15H10ClN3.C13H9Br.CH3F.CH4.2K.Na.3H/c1-3-11-25(12-4-1)37-41-38(26-13-5-2-6-14-26)43-39(42-37)44-35-18-10-8-16-30(35)32-24-28(20-22-36(32)44)27-19-21-34-31(23-27)29-15-7-9-17-33(29)40-34;28-20-15-16-24-22(17-20)21-13-7-8-14-23(21)32(24)27-30-25(18-9-3-1-4-10-18)29-26(31-27)19-11-5-2-6-12-19;1-18(2)19(3,4)22-20(21-18)15-10-9-14-11-13-7-5-6-8-16(13)17(14)12-15;16-15-18-13(11-7-3-1-4-8-11)17-14(19-15)12-9-5-2-6-10-12;14-11-6-5-10-7-9-3-1-2-4-12(9)13(10)8-11;1-2;;;;;;;/h1-24,40H;1-17H;5-10,12H,11H2,1-4H3;1-10H;1-6,8H,7H2;1H3;1H4;;;;;;/q;;;;;;;3*+1;3*-1/i;;;;;1D;;;;;;;. The monoisotopic (exact) mass is 2000 g/mol. The molecule has 6 aromatic heterocycles. The zero-order valence-corrected chi connectivity index (χ0v) is 88.1. The number of benzene rings is 16. The molecule has 22 aromatic rings. The zero-order valence-electron chi connectivity index (χ0n) is 80.0. The molecule has 1 fully saturated rings. The van der Waals surface area contributed by atoms with E-state index in [9.17, 15) is 4.39 Å². The van der Waals surface area contributed by atoms with Crippen molar-refractivity contribution in [3.05, 3.63) is 431 Å². The van der Waals surface area contributed by atoms with E-state index in [0.29, 0.717) is 46.8 Å². The maximum absolute atomic E-state index is 9.96. The third-order valence-electron chi connectivity index (χ3n) is 24.7. The first-order valence-corrected chi connectivity index (χ1v) is 45.8. The minimum absolute atomic E-state index is 0. The fourth-order valence-corrected chi connectivity index (χ4v) is 18.4. The zero-order chi connectivity index (χ0) is 91.4. The Hall–Kier alpha value is -10.6.